The van der Waals surface area contributed by atoms with Crippen molar-refractivity contribution in [3.05, 3.63) is 47.7 Å². The molecule has 0 aliphatic carbocycles. The Kier molecular flexibility index (Phi) is 5.41. The molecule has 0 spiro atoms. The molecule has 0 atom stereocenters. The van der Waals surface area contributed by atoms with E-state index in [2.05, 4.69) is 38.8 Å². The number of anilines is 1. The molecule has 1 aromatic carbocycles. The highest BCUT2D eigenvalue weighted by Crippen LogP contribution is 2.37. The van der Waals surface area contributed by atoms with E-state index in [0.717, 1.165) is 19.5 Å². The minimum atomic E-state index is -1.98. The Hall–Kier alpha value is -1.79. The van der Waals surface area contributed by atoms with Gasteiger partial charge < -0.3 is 9.33 Å². The van der Waals surface area contributed by atoms with Crippen molar-refractivity contribution in [1.29, 1.82) is 0 Å². The Balaban J connectivity index is 1.84. The Morgan fingerprint density at radius 2 is 1.89 bits per heavy atom. The van der Waals surface area contributed by atoms with E-state index in [1.54, 1.807) is 24.4 Å². The fourth-order valence-electron chi connectivity index (χ4n) is 2.73. The summed E-state index contributed by atoms with van der Waals surface area (Å²) in [6.45, 7) is 12.6. The van der Waals surface area contributed by atoms with Gasteiger partial charge in [0.2, 0.25) is 0 Å². The van der Waals surface area contributed by atoms with Gasteiger partial charge in [0.1, 0.15) is 5.82 Å². The molecule has 3 nitrogen and oxygen atoms in total. The molecule has 2 aromatic rings. The van der Waals surface area contributed by atoms with Crippen molar-refractivity contribution in [2.24, 2.45) is 0 Å². The van der Waals surface area contributed by atoms with Gasteiger partial charge in [0, 0.05) is 36.0 Å². The summed E-state index contributed by atoms with van der Waals surface area (Å²) in [7, 11) is -1.98. The van der Waals surface area contributed by atoms with Crippen LogP contribution in [0.3, 0.4) is 0 Å². The molecule has 0 amide bonds. The first-order valence-corrected chi connectivity index (χ1v) is 12.3. The van der Waals surface area contributed by atoms with Gasteiger partial charge in [0.15, 0.2) is 20.0 Å². The second-order valence-electron chi connectivity index (χ2n) is 8.70. The number of rotatable bonds is 5. The van der Waals surface area contributed by atoms with Crippen molar-refractivity contribution >= 4 is 14.1 Å². The number of halogens is 2. The number of benzene rings is 1. The lowest BCUT2D eigenvalue weighted by atomic mass is 10.0. The molecule has 0 N–H and O–H groups in total. The Morgan fingerprint density at radius 3 is 2.44 bits per heavy atom. The molecule has 1 aliphatic rings. The predicted octanol–water partition coefficient (Wildman–Crippen LogP) is 5.76. The van der Waals surface area contributed by atoms with Crippen LogP contribution in [0.4, 0.5) is 14.6 Å². The van der Waals surface area contributed by atoms with E-state index in [-0.39, 0.29) is 17.5 Å². The molecule has 0 radical (unpaired) electrons. The van der Waals surface area contributed by atoms with Crippen LogP contribution >= 0.6 is 0 Å². The van der Waals surface area contributed by atoms with Crippen molar-refractivity contribution in [1.82, 2.24) is 4.98 Å². The van der Waals surface area contributed by atoms with Gasteiger partial charge in [0.25, 0.3) is 0 Å². The first-order valence-electron chi connectivity index (χ1n) is 9.42. The summed E-state index contributed by atoms with van der Waals surface area (Å²) in [5.41, 5.74) is 1.29. The Bertz CT molecular complexity index is 829. The topological polar surface area (TPSA) is 25.4 Å². The molecule has 1 aromatic heterocycles. The van der Waals surface area contributed by atoms with E-state index in [0.29, 0.717) is 22.5 Å². The van der Waals surface area contributed by atoms with Crippen LogP contribution in [0.25, 0.3) is 11.1 Å². The largest absolute Gasteiger partial charge is 0.412 e. The van der Waals surface area contributed by atoms with E-state index in [1.165, 1.54) is 6.07 Å². The summed E-state index contributed by atoms with van der Waals surface area (Å²) < 4.78 is 35.7. The van der Waals surface area contributed by atoms with Crippen molar-refractivity contribution in [3.8, 4) is 11.1 Å². The van der Waals surface area contributed by atoms with Crippen LogP contribution in [-0.4, -0.2) is 26.4 Å². The van der Waals surface area contributed by atoms with Gasteiger partial charge in [-0.3, -0.25) is 0 Å². The molecule has 6 heteroatoms. The fraction of sp³-hybridized carbons (Fsp3) is 0.476. The maximum Gasteiger partial charge on any atom is 0.192 e. The van der Waals surface area contributed by atoms with Crippen LogP contribution < -0.4 is 4.90 Å². The molecule has 0 bridgehead atoms. The highest BCUT2D eigenvalue weighted by atomic mass is 28.4. The van der Waals surface area contributed by atoms with Gasteiger partial charge in [-0.1, -0.05) is 39.0 Å². The molecule has 2 heterocycles. The lowest BCUT2D eigenvalue weighted by molar-refractivity contribution is 0.271. The van der Waals surface area contributed by atoms with Crippen LogP contribution in [0, 0.1) is 11.6 Å². The predicted molar refractivity (Wildman–Crippen MR) is 108 cm³/mol. The summed E-state index contributed by atoms with van der Waals surface area (Å²) in [6, 6.07) is 6.54. The summed E-state index contributed by atoms with van der Waals surface area (Å²) in [6.07, 6.45) is 2.60. The lowest BCUT2D eigenvalue weighted by Gasteiger charge is -2.36. The van der Waals surface area contributed by atoms with Crippen LogP contribution in [0.5, 0.6) is 0 Å². The quantitative estimate of drug-likeness (QED) is 0.607. The fourth-order valence-corrected chi connectivity index (χ4v) is 3.68. The average Bonchev–Trinajstić information content (AvgIpc) is 2.53. The number of hydrogen-bond donors (Lipinski definition) is 0. The SMILES string of the molecule is CC(C)(C)[Si](C)(C)OCc1cccc(-c2cnc(N3CCC3)c(F)c2)c1F. The molecule has 0 saturated carbocycles. The van der Waals surface area contributed by atoms with Crippen LogP contribution in [0.2, 0.25) is 18.1 Å². The Labute approximate surface area is 161 Å². The number of nitrogens with zero attached hydrogens (tertiary/aromatic N) is 2. The standard InChI is InChI=1S/C21H28F2N2OSi/c1-21(2,3)27(4,5)26-14-15-8-6-9-17(19(15)23)16-12-18(22)20(24-13-16)25-10-7-11-25/h6,8-9,12-13H,7,10-11,14H2,1-5H3. The molecule has 3 rings (SSSR count). The van der Waals surface area contributed by atoms with Crippen LogP contribution in [0.15, 0.2) is 30.5 Å². The zero-order valence-corrected chi connectivity index (χ0v) is 17.8. The zero-order chi connectivity index (χ0) is 19.8. The molecule has 27 heavy (non-hydrogen) atoms. The molecule has 1 saturated heterocycles. The summed E-state index contributed by atoms with van der Waals surface area (Å²) in [5.74, 6) is -0.425. The van der Waals surface area contributed by atoms with Crippen molar-refractivity contribution in [2.45, 2.75) is 51.9 Å². The van der Waals surface area contributed by atoms with E-state index < -0.39 is 14.1 Å². The van der Waals surface area contributed by atoms with E-state index >= 15 is 4.39 Å². The third kappa shape index (κ3) is 4.06. The molecule has 1 fully saturated rings. The van der Waals surface area contributed by atoms with Gasteiger partial charge in [-0.05, 0) is 30.6 Å². The van der Waals surface area contributed by atoms with E-state index in [4.69, 9.17) is 4.43 Å². The van der Waals surface area contributed by atoms with Crippen molar-refractivity contribution in [2.75, 3.05) is 18.0 Å². The van der Waals surface area contributed by atoms with Gasteiger partial charge in [-0.25, -0.2) is 13.8 Å². The van der Waals surface area contributed by atoms with E-state index in [1.807, 2.05) is 4.90 Å². The summed E-state index contributed by atoms with van der Waals surface area (Å²) in [4.78, 5) is 6.11. The highest BCUT2D eigenvalue weighted by Gasteiger charge is 2.37. The molecular weight excluding hydrogens is 362 g/mol. The summed E-state index contributed by atoms with van der Waals surface area (Å²) in [5, 5.41) is 0.0564. The second kappa shape index (κ2) is 7.32. The third-order valence-electron chi connectivity index (χ3n) is 5.76. The van der Waals surface area contributed by atoms with Crippen molar-refractivity contribution < 1.29 is 13.2 Å². The number of aromatic nitrogens is 1. The molecule has 1 aliphatic heterocycles. The van der Waals surface area contributed by atoms with Crippen LogP contribution in [-0.2, 0) is 11.0 Å². The molecular formula is C21H28F2N2OSi. The third-order valence-corrected chi connectivity index (χ3v) is 10.2. The maximum absolute atomic E-state index is 15.1. The minimum Gasteiger partial charge on any atom is -0.412 e. The van der Waals surface area contributed by atoms with Gasteiger partial charge in [-0.2, -0.15) is 0 Å². The lowest BCUT2D eigenvalue weighted by Crippen LogP contribution is -2.40. The summed E-state index contributed by atoms with van der Waals surface area (Å²) >= 11 is 0. The number of pyridine rings is 1. The van der Waals surface area contributed by atoms with Gasteiger partial charge in [0.05, 0.1) is 6.61 Å². The van der Waals surface area contributed by atoms with Gasteiger partial charge >= 0.3 is 0 Å². The maximum atomic E-state index is 15.1. The smallest absolute Gasteiger partial charge is 0.192 e. The van der Waals surface area contributed by atoms with Crippen molar-refractivity contribution in [3.63, 3.8) is 0 Å². The first-order chi connectivity index (χ1) is 12.6. The molecule has 146 valence electrons. The normalized spacial score (nSPS) is 15.0. The number of hydrogen-bond acceptors (Lipinski definition) is 3. The first kappa shape index (κ1) is 20.0. The monoisotopic (exact) mass is 390 g/mol. The molecule has 0 unspecified atom stereocenters. The van der Waals surface area contributed by atoms with Crippen LogP contribution in [0.1, 0.15) is 32.8 Å². The average molecular weight is 391 g/mol. The van der Waals surface area contributed by atoms with E-state index in [9.17, 15) is 4.39 Å². The van der Waals surface area contributed by atoms with Gasteiger partial charge in [-0.15, -0.1) is 0 Å². The zero-order valence-electron chi connectivity index (χ0n) is 16.8. The second-order valence-corrected chi connectivity index (χ2v) is 13.5. The minimum absolute atomic E-state index is 0.0564. The Morgan fingerprint density at radius 1 is 1.19 bits per heavy atom. The highest BCUT2D eigenvalue weighted by molar-refractivity contribution is 6.74.